The summed E-state index contributed by atoms with van der Waals surface area (Å²) in [6.07, 6.45) is 3.53. The predicted octanol–water partition coefficient (Wildman–Crippen LogP) is 3.42. The number of rotatable bonds is 6. The zero-order valence-electron chi connectivity index (χ0n) is 16.7. The van der Waals surface area contributed by atoms with E-state index in [4.69, 9.17) is 5.21 Å². The monoisotopic (exact) mass is 412 g/mol. The molecule has 0 unspecified atom stereocenters. The average Bonchev–Trinajstić information content (AvgIpc) is 3.59. The normalized spacial score (nSPS) is 24.3. The lowest BCUT2D eigenvalue weighted by atomic mass is 9.90. The Balaban J connectivity index is 1.47. The summed E-state index contributed by atoms with van der Waals surface area (Å²) >= 11 is 0. The van der Waals surface area contributed by atoms with E-state index >= 15 is 0 Å². The second kappa shape index (κ2) is 8.38. The molecule has 1 amide bonds. The van der Waals surface area contributed by atoms with Gasteiger partial charge in [0.15, 0.2) is 0 Å². The topological polar surface area (TPSA) is 78.4 Å². The number of hydrogen-bond donors (Lipinski definition) is 3. The fourth-order valence-electron chi connectivity index (χ4n) is 4.18. The quantitative estimate of drug-likeness (QED) is 0.502. The molecule has 6 heteroatoms. The Morgan fingerprint density at radius 2 is 1.83 bits per heavy atom. The van der Waals surface area contributed by atoms with Crippen molar-refractivity contribution in [3.63, 3.8) is 0 Å². The summed E-state index contributed by atoms with van der Waals surface area (Å²) < 4.78 is 11.7. The van der Waals surface area contributed by atoms with Crippen LogP contribution in [0.2, 0.25) is 0 Å². The highest BCUT2D eigenvalue weighted by atomic mass is 32.2. The van der Waals surface area contributed by atoms with Gasteiger partial charge in [0, 0.05) is 28.9 Å². The molecule has 2 aliphatic rings. The molecule has 1 aliphatic carbocycles. The molecule has 1 aliphatic heterocycles. The van der Waals surface area contributed by atoms with Crippen molar-refractivity contribution < 1.29 is 14.2 Å². The molecule has 29 heavy (non-hydrogen) atoms. The molecule has 2 fully saturated rings. The molecular weight excluding hydrogens is 384 g/mol. The smallest absolute Gasteiger partial charge is 0.263 e. The third-order valence-electron chi connectivity index (χ3n) is 6.24. The van der Waals surface area contributed by atoms with Crippen LogP contribution in [0.25, 0.3) is 11.1 Å². The minimum Gasteiger partial charge on any atom is -0.299 e. The van der Waals surface area contributed by atoms with Gasteiger partial charge in [0.2, 0.25) is 0 Å². The number of amides is 1. The van der Waals surface area contributed by atoms with Gasteiger partial charge in [-0.05, 0) is 66.3 Å². The number of benzene rings is 2. The van der Waals surface area contributed by atoms with Crippen LogP contribution in [0.5, 0.6) is 0 Å². The summed E-state index contributed by atoms with van der Waals surface area (Å²) in [6, 6.07) is 15.2. The van der Waals surface area contributed by atoms with Crippen molar-refractivity contribution in [2.24, 2.45) is 0 Å². The molecule has 4 rings (SSSR count). The minimum atomic E-state index is -0.884. The lowest BCUT2D eigenvalue weighted by Crippen LogP contribution is -2.59. The van der Waals surface area contributed by atoms with Crippen LogP contribution in [0.1, 0.15) is 48.3 Å². The number of carbonyl (C=O) groups excluding carboxylic acids is 1. The van der Waals surface area contributed by atoms with Crippen molar-refractivity contribution in [3.8, 4) is 11.1 Å². The van der Waals surface area contributed by atoms with E-state index in [9.17, 15) is 9.00 Å². The van der Waals surface area contributed by atoms with E-state index in [1.807, 2.05) is 0 Å². The highest BCUT2D eigenvalue weighted by molar-refractivity contribution is 7.85. The van der Waals surface area contributed by atoms with Gasteiger partial charge in [0.1, 0.15) is 5.54 Å². The average molecular weight is 413 g/mol. The maximum Gasteiger partial charge on any atom is 0.263 e. The van der Waals surface area contributed by atoms with Gasteiger partial charge in [-0.2, -0.15) is 0 Å². The minimum absolute atomic E-state index is 0.446. The first-order chi connectivity index (χ1) is 14.0. The van der Waals surface area contributed by atoms with Crippen LogP contribution in [0, 0.1) is 6.92 Å². The van der Waals surface area contributed by atoms with E-state index in [2.05, 4.69) is 54.7 Å². The molecule has 5 nitrogen and oxygen atoms in total. The van der Waals surface area contributed by atoms with Gasteiger partial charge < -0.3 is 0 Å². The SMILES string of the molecule is Cc1cc(CNC2(C(=O)NO)CCS(=O)CC2)ccc1-c1ccc(C2CC2)cc1. The number of aryl methyl sites for hydroxylation is 1. The van der Waals surface area contributed by atoms with Gasteiger partial charge in [-0.15, -0.1) is 0 Å². The van der Waals surface area contributed by atoms with Crippen molar-refractivity contribution in [2.45, 2.75) is 50.6 Å². The van der Waals surface area contributed by atoms with E-state index in [0.29, 0.717) is 30.9 Å². The second-order valence-corrected chi connectivity index (χ2v) is 9.97. The lowest BCUT2D eigenvalue weighted by Gasteiger charge is -2.35. The number of hydroxylamine groups is 1. The van der Waals surface area contributed by atoms with Crippen LogP contribution >= 0.6 is 0 Å². The van der Waals surface area contributed by atoms with Crippen molar-refractivity contribution >= 4 is 16.7 Å². The Labute approximate surface area is 174 Å². The molecule has 0 atom stereocenters. The van der Waals surface area contributed by atoms with Gasteiger partial charge in [-0.3, -0.25) is 19.5 Å². The van der Waals surface area contributed by atoms with Crippen LogP contribution in [0.3, 0.4) is 0 Å². The van der Waals surface area contributed by atoms with Crippen LogP contribution in [-0.4, -0.2) is 32.4 Å². The first kappa shape index (κ1) is 20.3. The highest BCUT2D eigenvalue weighted by Gasteiger charge is 2.40. The third-order valence-corrected chi connectivity index (χ3v) is 7.56. The molecular formula is C23H28N2O3S. The van der Waals surface area contributed by atoms with E-state index in [1.54, 1.807) is 5.48 Å². The first-order valence-electron chi connectivity index (χ1n) is 10.3. The molecule has 2 aromatic rings. The fourth-order valence-corrected chi connectivity index (χ4v) is 5.53. The third kappa shape index (κ3) is 4.44. The first-order valence-corrected chi connectivity index (χ1v) is 11.7. The van der Waals surface area contributed by atoms with Crippen molar-refractivity contribution in [3.05, 3.63) is 59.2 Å². The highest BCUT2D eigenvalue weighted by Crippen LogP contribution is 2.40. The van der Waals surface area contributed by atoms with Crippen molar-refractivity contribution in [2.75, 3.05) is 11.5 Å². The predicted molar refractivity (Wildman–Crippen MR) is 115 cm³/mol. The molecule has 1 saturated carbocycles. The van der Waals surface area contributed by atoms with Gasteiger partial charge in [0.25, 0.3) is 5.91 Å². The van der Waals surface area contributed by atoms with Crippen molar-refractivity contribution in [1.29, 1.82) is 0 Å². The Kier molecular flexibility index (Phi) is 5.86. The standard InChI is InChI=1S/C23H28N2O3S/c1-16-14-17(15-24-23(22(26)25-27)10-12-29(28)13-11-23)2-9-21(16)20-7-5-19(6-8-20)18-3-4-18/h2,5-9,14,18,24,27H,3-4,10-13,15H2,1H3,(H,25,26). The van der Waals surface area contributed by atoms with E-state index in [1.165, 1.54) is 35.1 Å². The number of hydrogen-bond acceptors (Lipinski definition) is 4. The molecule has 3 N–H and O–H groups in total. The van der Waals surface area contributed by atoms with Crippen LogP contribution in [0.15, 0.2) is 42.5 Å². The number of nitrogens with one attached hydrogen (secondary N) is 2. The van der Waals surface area contributed by atoms with Gasteiger partial charge in [0.05, 0.1) is 0 Å². The summed E-state index contributed by atoms with van der Waals surface area (Å²) in [6.45, 7) is 2.62. The maximum absolute atomic E-state index is 12.3. The molecule has 0 bridgehead atoms. The van der Waals surface area contributed by atoms with E-state index in [-0.39, 0.29) is 0 Å². The zero-order valence-corrected chi connectivity index (χ0v) is 17.6. The summed E-state index contributed by atoms with van der Waals surface area (Å²) in [5.74, 6) is 1.25. The lowest BCUT2D eigenvalue weighted by molar-refractivity contribution is -0.136. The molecule has 1 heterocycles. The Bertz CT molecular complexity index is 912. The second-order valence-electron chi connectivity index (χ2n) is 8.27. The Morgan fingerprint density at radius 3 is 2.41 bits per heavy atom. The van der Waals surface area contributed by atoms with Gasteiger partial charge in [-0.25, -0.2) is 5.48 Å². The summed E-state index contributed by atoms with van der Waals surface area (Å²) in [4.78, 5) is 12.3. The molecule has 1 saturated heterocycles. The van der Waals surface area contributed by atoms with Crippen LogP contribution in [0.4, 0.5) is 0 Å². The largest absolute Gasteiger partial charge is 0.299 e. The molecule has 0 aromatic heterocycles. The summed E-state index contributed by atoms with van der Waals surface area (Å²) in [5.41, 5.74) is 7.06. The van der Waals surface area contributed by atoms with Crippen LogP contribution < -0.4 is 10.8 Å². The zero-order chi connectivity index (χ0) is 20.4. The van der Waals surface area contributed by atoms with Crippen molar-refractivity contribution in [1.82, 2.24) is 10.8 Å². The molecule has 0 spiro atoms. The molecule has 2 aromatic carbocycles. The summed E-state index contributed by atoms with van der Waals surface area (Å²) in [5, 5.41) is 12.5. The Morgan fingerprint density at radius 1 is 1.14 bits per heavy atom. The maximum atomic E-state index is 12.3. The Hall–Kier alpha value is -2.02. The molecule has 154 valence electrons. The molecule has 0 radical (unpaired) electrons. The van der Waals surface area contributed by atoms with E-state index < -0.39 is 22.2 Å². The fraction of sp³-hybridized carbons (Fsp3) is 0.435. The van der Waals surface area contributed by atoms with Crippen LogP contribution in [-0.2, 0) is 22.1 Å². The van der Waals surface area contributed by atoms with Gasteiger partial charge >= 0.3 is 0 Å². The van der Waals surface area contributed by atoms with Gasteiger partial charge in [-0.1, -0.05) is 42.5 Å². The van der Waals surface area contributed by atoms with E-state index in [0.717, 1.165) is 11.5 Å². The number of carbonyl (C=O) groups is 1. The summed E-state index contributed by atoms with van der Waals surface area (Å²) in [7, 11) is -0.884.